The quantitative estimate of drug-likeness (QED) is 0.811. The van der Waals surface area contributed by atoms with Gasteiger partial charge in [-0.15, -0.1) is 0 Å². The van der Waals surface area contributed by atoms with Crippen LogP contribution in [0.5, 0.6) is 0 Å². The Bertz CT molecular complexity index is 643. The summed E-state index contributed by atoms with van der Waals surface area (Å²) in [5, 5.41) is 1.04. The number of hydrogen-bond acceptors (Lipinski definition) is 5. The number of hydrogen-bond donors (Lipinski definition) is 0. The third kappa shape index (κ3) is 3.06. The van der Waals surface area contributed by atoms with E-state index in [0.717, 1.165) is 47.9 Å². The second-order valence-corrected chi connectivity index (χ2v) is 7.73. The van der Waals surface area contributed by atoms with Crippen molar-refractivity contribution in [2.24, 2.45) is 5.41 Å². The molecule has 1 amide bonds. The van der Waals surface area contributed by atoms with E-state index < -0.39 is 0 Å². The molecule has 6 heteroatoms. The Morgan fingerprint density at radius 3 is 2.77 bits per heavy atom. The van der Waals surface area contributed by atoms with Crippen molar-refractivity contribution in [3.63, 3.8) is 0 Å². The molecule has 0 spiro atoms. The van der Waals surface area contributed by atoms with E-state index >= 15 is 0 Å². The highest BCUT2D eigenvalue weighted by Gasteiger charge is 2.29. The summed E-state index contributed by atoms with van der Waals surface area (Å²) < 4.78 is 1.16. The van der Waals surface area contributed by atoms with E-state index in [9.17, 15) is 4.79 Å². The van der Waals surface area contributed by atoms with Crippen molar-refractivity contribution in [1.82, 2.24) is 14.9 Å². The maximum atomic E-state index is 12.4. The average molecular weight is 318 g/mol. The van der Waals surface area contributed by atoms with Crippen LogP contribution in [0.3, 0.4) is 0 Å². The standard InChI is InChI=1S/C16H22N4OS/c1-16(2,3)14(21)19-7-4-8-20(10-9-19)15-18-12-11-17-6-5-13(12)22-15/h5-6,11H,4,7-10H2,1-3H3. The number of rotatable bonds is 1. The van der Waals surface area contributed by atoms with Crippen molar-refractivity contribution < 1.29 is 4.79 Å². The molecule has 0 aromatic carbocycles. The van der Waals surface area contributed by atoms with Crippen LogP contribution in [0.2, 0.25) is 0 Å². The maximum absolute atomic E-state index is 12.4. The van der Waals surface area contributed by atoms with Crippen LogP contribution in [0, 0.1) is 5.41 Å². The summed E-state index contributed by atoms with van der Waals surface area (Å²) in [5.41, 5.74) is 0.644. The summed E-state index contributed by atoms with van der Waals surface area (Å²) in [4.78, 5) is 25.5. The smallest absolute Gasteiger partial charge is 0.228 e. The van der Waals surface area contributed by atoms with Crippen LogP contribution in [-0.4, -0.2) is 47.0 Å². The molecule has 3 rings (SSSR count). The van der Waals surface area contributed by atoms with Gasteiger partial charge in [0, 0.05) is 37.8 Å². The fraction of sp³-hybridized carbons (Fsp3) is 0.562. The molecular weight excluding hydrogens is 296 g/mol. The van der Waals surface area contributed by atoms with E-state index in [1.54, 1.807) is 17.5 Å². The van der Waals surface area contributed by atoms with Gasteiger partial charge < -0.3 is 9.80 Å². The van der Waals surface area contributed by atoms with Crippen molar-refractivity contribution in [3.05, 3.63) is 18.5 Å². The number of anilines is 1. The third-order valence-corrected chi connectivity index (χ3v) is 4.97. The highest BCUT2D eigenvalue weighted by atomic mass is 32.1. The molecule has 0 unspecified atom stereocenters. The topological polar surface area (TPSA) is 49.3 Å². The molecule has 0 saturated carbocycles. The first kappa shape index (κ1) is 15.2. The first-order chi connectivity index (χ1) is 10.4. The summed E-state index contributed by atoms with van der Waals surface area (Å²) in [6, 6.07) is 2.00. The van der Waals surface area contributed by atoms with Crippen molar-refractivity contribution in [1.29, 1.82) is 0 Å². The van der Waals surface area contributed by atoms with Crippen LogP contribution in [-0.2, 0) is 4.79 Å². The molecular formula is C16H22N4OS. The van der Waals surface area contributed by atoms with Crippen LogP contribution in [0.15, 0.2) is 18.5 Å². The largest absolute Gasteiger partial charge is 0.346 e. The summed E-state index contributed by atoms with van der Waals surface area (Å²) in [6.07, 6.45) is 4.59. The van der Waals surface area contributed by atoms with Gasteiger partial charge in [0.2, 0.25) is 5.91 Å². The van der Waals surface area contributed by atoms with E-state index in [-0.39, 0.29) is 11.3 Å². The van der Waals surface area contributed by atoms with Crippen LogP contribution >= 0.6 is 11.3 Å². The molecule has 1 aliphatic rings. The number of carbonyl (C=O) groups excluding carboxylic acids is 1. The molecule has 118 valence electrons. The number of amides is 1. The summed E-state index contributed by atoms with van der Waals surface area (Å²) >= 11 is 1.70. The molecule has 0 radical (unpaired) electrons. The van der Waals surface area contributed by atoms with E-state index in [2.05, 4.69) is 14.9 Å². The number of pyridine rings is 1. The number of nitrogens with zero attached hydrogens (tertiary/aromatic N) is 4. The SMILES string of the molecule is CC(C)(C)C(=O)N1CCCN(c2nc3cnccc3s2)CC1. The molecule has 22 heavy (non-hydrogen) atoms. The molecule has 3 heterocycles. The van der Waals surface area contributed by atoms with Gasteiger partial charge in [-0.2, -0.15) is 0 Å². The first-order valence-electron chi connectivity index (χ1n) is 7.70. The average Bonchev–Trinajstić information content (AvgIpc) is 2.75. The lowest BCUT2D eigenvalue weighted by atomic mass is 9.94. The Balaban J connectivity index is 1.74. The minimum Gasteiger partial charge on any atom is -0.346 e. The lowest BCUT2D eigenvalue weighted by Gasteiger charge is -2.28. The molecule has 2 aromatic heterocycles. The Hall–Kier alpha value is -1.69. The van der Waals surface area contributed by atoms with E-state index in [1.807, 2.05) is 37.9 Å². The predicted molar refractivity (Wildman–Crippen MR) is 90.3 cm³/mol. The minimum absolute atomic E-state index is 0.239. The van der Waals surface area contributed by atoms with Gasteiger partial charge in [-0.05, 0) is 12.5 Å². The molecule has 0 N–H and O–H groups in total. The monoisotopic (exact) mass is 318 g/mol. The Morgan fingerprint density at radius 1 is 1.23 bits per heavy atom. The van der Waals surface area contributed by atoms with Crippen LogP contribution in [0.1, 0.15) is 27.2 Å². The van der Waals surface area contributed by atoms with Gasteiger partial charge in [0.1, 0.15) is 5.52 Å². The van der Waals surface area contributed by atoms with Crippen molar-refractivity contribution in [3.8, 4) is 0 Å². The lowest BCUT2D eigenvalue weighted by molar-refractivity contribution is -0.139. The lowest BCUT2D eigenvalue weighted by Crippen LogP contribution is -2.41. The number of fused-ring (bicyclic) bond motifs is 1. The number of aromatic nitrogens is 2. The van der Waals surface area contributed by atoms with Gasteiger partial charge in [-0.1, -0.05) is 32.1 Å². The highest BCUT2D eigenvalue weighted by molar-refractivity contribution is 7.22. The van der Waals surface area contributed by atoms with Gasteiger partial charge in [0.05, 0.1) is 10.9 Å². The van der Waals surface area contributed by atoms with Crippen molar-refractivity contribution in [2.75, 3.05) is 31.1 Å². The fourth-order valence-electron chi connectivity index (χ4n) is 2.69. The van der Waals surface area contributed by atoms with Crippen LogP contribution < -0.4 is 4.90 Å². The van der Waals surface area contributed by atoms with Gasteiger partial charge in [-0.25, -0.2) is 4.98 Å². The van der Waals surface area contributed by atoms with Crippen molar-refractivity contribution >= 4 is 32.6 Å². The molecule has 0 atom stereocenters. The molecule has 1 saturated heterocycles. The predicted octanol–water partition coefficient (Wildman–Crippen LogP) is 2.78. The first-order valence-corrected chi connectivity index (χ1v) is 8.52. The zero-order valence-electron chi connectivity index (χ0n) is 13.4. The molecule has 0 bridgehead atoms. The molecule has 2 aromatic rings. The molecule has 1 aliphatic heterocycles. The van der Waals surface area contributed by atoms with Gasteiger partial charge in [0.25, 0.3) is 0 Å². The third-order valence-electron chi connectivity index (χ3n) is 3.87. The fourth-order valence-corrected chi connectivity index (χ4v) is 3.67. The van der Waals surface area contributed by atoms with E-state index in [1.165, 1.54) is 0 Å². The normalized spacial score (nSPS) is 16.9. The van der Waals surface area contributed by atoms with Gasteiger partial charge in [0.15, 0.2) is 5.13 Å². The number of thiazole rings is 1. The summed E-state index contributed by atoms with van der Waals surface area (Å²) in [5.74, 6) is 0.239. The second-order valence-electron chi connectivity index (χ2n) is 6.72. The minimum atomic E-state index is -0.309. The van der Waals surface area contributed by atoms with E-state index in [0.29, 0.717) is 0 Å². The molecule has 0 aliphatic carbocycles. The van der Waals surface area contributed by atoms with E-state index in [4.69, 9.17) is 0 Å². The molecule has 5 nitrogen and oxygen atoms in total. The zero-order valence-corrected chi connectivity index (χ0v) is 14.2. The Morgan fingerprint density at radius 2 is 2.05 bits per heavy atom. The highest BCUT2D eigenvalue weighted by Crippen LogP contribution is 2.29. The zero-order chi connectivity index (χ0) is 15.7. The second kappa shape index (κ2) is 5.83. The summed E-state index contributed by atoms with van der Waals surface area (Å²) in [6.45, 7) is 9.34. The van der Waals surface area contributed by atoms with Crippen LogP contribution in [0.25, 0.3) is 10.2 Å². The molecule has 1 fully saturated rings. The van der Waals surface area contributed by atoms with Crippen molar-refractivity contribution in [2.45, 2.75) is 27.2 Å². The van der Waals surface area contributed by atoms with Gasteiger partial charge >= 0.3 is 0 Å². The maximum Gasteiger partial charge on any atom is 0.228 e. The Labute approximate surface area is 135 Å². The Kier molecular flexibility index (Phi) is 4.04. The van der Waals surface area contributed by atoms with Gasteiger partial charge in [-0.3, -0.25) is 9.78 Å². The van der Waals surface area contributed by atoms with Crippen LogP contribution in [0.4, 0.5) is 5.13 Å². The summed E-state index contributed by atoms with van der Waals surface area (Å²) in [7, 11) is 0. The number of carbonyl (C=O) groups is 1.